The molecule has 4 aliphatic carbocycles. The van der Waals surface area contributed by atoms with E-state index in [0.717, 1.165) is 87.8 Å². The number of carboxylic acid groups (broad SMARTS) is 1. The van der Waals surface area contributed by atoms with Gasteiger partial charge in [-0.1, -0.05) is 37.8 Å². The summed E-state index contributed by atoms with van der Waals surface area (Å²) in [5, 5.41) is 9.54. The number of benzene rings is 2. The molecule has 81 heavy (non-hydrogen) atoms. The number of hydrogen-bond donors (Lipinski definition) is 1. The van der Waals surface area contributed by atoms with Crippen LogP contribution in [0.25, 0.3) is 0 Å². The summed E-state index contributed by atoms with van der Waals surface area (Å²) >= 11 is -0.535. The number of likely N-dealkylation sites (N-methyl/N-ethyl adjacent to an activating group) is 3. The maximum atomic E-state index is 14.8. The van der Waals surface area contributed by atoms with Crippen LogP contribution in [0.5, 0.6) is 0 Å². The summed E-state index contributed by atoms with van der Waals surface area (Å²) in [6.07, 6.45) is 2.93. The number of carbonyl (C=O) groups is 8. The molecular formula is C60H83IN5O15-. The van der Waals surface area contributed by atoms with Crippen molar-refractivity contribution in [2.75, 3.05) is 88.5 Å². The number of esters is 4. The average Bonchev–Trinajstić information content (AvgIpc) is 4.33. The zero-order valence-electron chi connectivity index (χ0n) is 47.9. The minimum atomic E-state index is -1.48. The van der Waals surface area contributed by atoms with Crippen LogP contribution in [-0.2, 0) is 79.6 Å². The Morgan fingerprint density at radius 2 is 0.840 bits per heavy atom. The van der Waals surface area contributed by atoms with E-state index >= 15 is 0 Å². The molecule has 1 N–H and O–H groups in total. The summed E-state index contributed by atoms with van der Waals surface area (Å²) in [5.74, 6) is -5.49. The fraction of sp³-hybridized carbons (Fsp3) is 0.667. The second-order valence-electron chi connectivity index (χ2n) is 23.1. The van der Waals surface area contributed by atoms with Crippen molar-refractivity contribution < 1.29 is 93.1 Å². The van der Waals surface area contributed by atoms with Crippen molar-refractivity contribution in [1.29, 1.82) is 0 Å². The molecule has 0 aromatic heterocycles. The normalized spacial score (nSPS) is 20.3. The number of alkyl halides is 2. The molecule has 2 aliphatic heterocycles. The van der Waals surface area contributed by atoms with E-state index in [0.29, 0.717) is 51.0 Å². The second-order valence-corrected chi connectivity index (χ2v) is 25.8. The smallest absolute Gasteiger partial charge is 0.479 e. The van der Waals surface area contributed by atoms with Crippen LogP contribution in [0.2, 0.25) is 0 Å². The van der Waals surface area contributed by atoms with E-state index in [1.165, 1.54) is 49.7 Å². The van der Waals surface area contributed by atoms with Gasteiger partial charge in [0, 0.05) is 39.3 Å². The second kappa shape index (κ2) is 28.6. The molecule has 2 aromatic rings. The molecule has 0 unspecified atom stereocenters. The molecule has 2 saturated heterocycles. The summed E-state index contributed by atoms with van der Waals surface area (Å²) in [7, 11) is 4.35. The third-order valence-electron chi connectivity index (χ3n) is 16.6. The Morgan fingerprint density at radius 3 is 1.20 bits per heavy atom. The van der Waals surface area contributed by atoms with Gasteiger partial charge in [-0.05, 0) is 49.3 Å². The molecule has 20 nitrogen and oxygen atoms in total. The van der Waals surface area contributed by atoms with E-state index in [1.807, 2.05) is 53.5 Å². The van der Waals surface area contributed by atoms with Crippen molar-refractivity contribution in [2.45, 2.75) is 150 Å². The average molecular weight is 1240 g/mol. The van der Waals surface area contributed by atoms with Crippen LogP contribution < -0.4 is 31.0 Å². The minimum absolute atomic E-state index is 0.0737. The van der Waals surface area contributed by atoms with Gasteiger partial charge >= 0.3 is 266 Å². The number of hydrogen-bond acceptors (Lipinski definition) is 16. The molecule has 6 aliphatic rings. The first kappa shape index (κ1) is 61.5. The minimum Gasteiger partial charge on any atom is -0.479 e. The number of aliphatic carboxylic acids is 1. The molecule has 3 amide bonds. The molecule has 21 heteroatoms. The van der Waals surface area contributed by atoms with E-state index in [4.69, 9.17) is 28.4 Å². The van der Waals surface area contributed by atoms with Crippen molar-refractivity contribution in [1.82, 2.24) is 14.7 Å². The van der Waals surface area contributed by atoms with Crippen LogP contribution in [0.15, 0.2) is 48.5 Å². The van der Waals surface area contributed by atoms with Crippen molar-refractivity contribution in [3.05, 3.63) is 59.7 Å². The van der Waals surface area contributed by atoms with Crippen LogP contribution >= 0.6 is 0 Å². The van der Waals surface area contributed by atoms with Gasteiger partial charge in [0.15, 0.2) is 12.2 Å². The number of anilines is 2. The summed E-state index contributed by atoms with van der Waals surface area (Å²) in [4.78, 5) is 123. The Morgan fingerprint density at radius 1 is 0.506 bits per heavy atom. The molecule has 4 saturated carbocycles. The number of morpholine rings is 2. The van der Waals surface area contributed by atoms with E-state index in [2.05, 4.69) is 9.80 Å². The predicted molar refractivity (Wildman–Crippen MR) is 294 cm³/mol. The Kier molecular flexibility index (Phi) is 21.7. The maximum absolute atomic E-state index is 14.8. The van der Waals surface area contributed by atoms with Gasteiger partial charge in [-0.25, -0.2) is 14.4 Å². The van der Waals surface area contributed by atoms with Gasteiger partial charge in [0.1, 0.15) is 12.1 Å². The molecule has 0 radical (unpaired) electrons. The zero-order chi connectivity index (χ0) is 57.9. The van der Waals surface area contributed by atoms with Gasteiger partial charge in [0.2, 0.25) is 0 Å². The first-order valence-corrected chi connectivity index (χ1v) is 32.4. The van der Waals surface area contributed by atoms with E-state index in [1.54, 1.807) is 0 Å². The number of halogens is 1. The standard InChI is InChI=1S/C60H83IN5O15/c1-37(78-58(73)48(32-40-9-10-40)63(5)54(68)51(80-57(72)47(61-3)31-39-7-8-39)35-43-15-19-45(20-16-43)65-23-27-76-28-24-65)53(67)62(4)50(34-42-13-14-42)60(75)81-52(36-44-17-21-46(22-18-44)66-25-29-77-30-26-66)55(69)64(6)49(33-41-11-12-41)59(74)79-38(2)56(70)71/h15-22,37-42,47-52H,7-14,23-36H2,1-6H3,(H,70,71)/q-1/t37-,38-,47+,48+,49+,50+,51-,52-/m1/s1. The van der Waals surface area contributed by atoms with Gasteiger partial charge in [-0.2, -0.15) is 0 Å². The predicted octanol–water partition coefficient (Wildman–Crippen LogP) is 1.69. The first-order chi connectivity index (χ1) is 38.9. The Hall–Kier alpha value is -5.55. The summed E-state index contributed by atoms with van der Waals surface area (Å²) in [5.41, 5.74) is 3.41. The quantitative estimate of drug-likeness (QED) is 0.0508. The molecule has 8 rings (SSSR count). The number of carboxylic acids is 1. The monoisotopic (exact) mass is 1240 g/mol. The third-order valence-corrected chi connectivity index (χ3v) is 19.1. The van der Waals surface area contributed by atoms with Crippen molar-refractivity contribution >= 4 is 58.9 Å². The molecule has 0 bridgehead atoms. The van der Waals surface area contributed by atoms with Crippen LogP contribution in [0, 0.1) is 23.7 Å². The van der Waals surface area contributed by atoms with Crippen molar-refractivity contribution in [3.63, 3.8) is 0 Å². The molecule has 2 aromatic carbocycles. The fourth-order valence-electron chi connectivity index (χ4n) is 10.5. The van der Waals surface area contributed by atoms with Gasteiger partial charge in [-0.3, -0.25) is 4.79 Å². The Bertz CT molecular complexity index is 2510. The van der Waals surface area contributed by atoms with Crippen molar-refractivity contribution in [3.8, 4) is 0 Å². The number of carbonyl (C=O) groups excluding carboxylic acids is 7. The first-order valence-electron chi connectivity index (χ1n) is 29.0. The number of rotatable bonds is 30. The number of amides is 3. The van der Waals surface area contributed by atoms with Gasteiger partial charge in [-0.15, -0.1) is 0 Å². The molecule has 6 fully saturated rings. The van der Waals surface area contributed by atoms with Gasteiger partial charge in [0.25, 0.3) is 5.91 Å². The molecule has 2 heterocycles. The van der Waals surface area contributed by atoms with Crippen LogP contribution in [0.3, 0.4) is 0 Å². The molecular weight excluding hydrogens is 1160 g/mol. The van der Waals surface area contributed by atoms with E-state index in [9.17, 15) is 43.5 Å². The van der Waals surface area contributed by atoms with Gasteiger partial charge < -0.3 is 33.9 Å². The zero-order valence-corrected chi connectivity index (χ0v) is 50.0. The topological polar surface area (TPSA) is 228 Å². The third kappa shape index (κ3) is 17.7. The molecule has 446 valence electrons. The van der Waals surface area contributed by atoms with Crippen LogP contribution in [0.1, 0.15) is 102 Å². The van der Waals surface area contributed by atoms with Crippen LogP contribution in [0.4, 0.5) is 11.4 Å². The van der Waals surface area contributed by atoms with Gasteiger partial charge in [0.05, 0.1) is 13.2 Å². The Balaban J connectivity index is 0.978. The summed E-state index contributed by atoms with van der Waals surface area (Å²) in [6.45, 7) is 8.01. The number of nitrogens with zero attached hydrogens (tertiary/aromatic N) is 5. The van der Waals surface area contributed by atoms with Crippen molar-refractivity contribution in [2.24, 2.45) is 23.7 Å². The SMILES string of the molecule is C[I-][C@@H](CC1CC1)C(=O)O[C@H](Cc1ccc(N2CCOCC2)cc1)C(=O)N(C)[C@@H](CC1CC1)C(=O)O[C@H](C)C(=O)N(C)[C@@H](CC1CC1)C(=O)O[C@H](Cc1ccc(N2CCOCC2)cc1)C(=O)N(C)[C@@H](CC1CC1)C(=O)O[C@H](C)C(=O)O. The van der Waals surface area contributed by atoms with E-state index < -0.39 is 111 Å². The fourth-order valence-corrected chi connectivity index (χ4v) is 12.4. The van der Waals surface area contributed by atoms with Crippen LogP contribution in [-0.4, -0.2) is 193 Å². The van der Waals surface area contributed by atoms with E-state index in [-0.39, 0.29) is 53.8 Å². The summed E-state index contributed by atoms with van der Waals surface area (Å²) < 4.78 is 34.4. The number of ether oxygens (including phenoxy) is 6. The molecule has 0 spiro atoms. The molecule has 8 atom stereocenters. The summed E-state index contributed by atoms with van der Waals surface area (Å²) in [6, 6.07) is 11.9. The Labute approximate surface area is 486 Å².